The van der Waals surface area contributed by atoms with Crippen LogP contribution in [0.15, 0.2) is 18.3 Å². The van der Waals surface area contributed by atoms with Crippen molar-refractivity contribution in [3.05, 3.63) is 28.9 Å². The molecule has 5 heteroatoms. The van der Waals surface area contributed by atoms with Gasteiger partial charge in [-0.05, 0) is 6.07 Å². The highest BCUT2D eigenvalue weighted by molar-refractivity contribution is 6.30. The minimum Gasteiger partial charge on any atom is -0.383 e. The van der Waals surface area contributed by atoms with E-state index in [2.05, 4.69) is 4.98 Å². The average Bonchev–Trinajstić information content (AvgIpc) is 2.10. The Kier molecular flexibility index (Phi) is 3.48. The van der Waals surface area contributed by atoms with Crippen LogP contribution >= 0.6 is 11.6 Å². The highest BCUT2D eigenvalue weighted by atomic mass is 35.5. The summed E-state index contributed by atoms with van der Waals surface area (Å²) >= 11 is 5.71. The van der Waals surface area contributed by atoms with E-state index in [1.807, 2.05) is 0 Å². The fourth-order valence-corrected chi connectivity index (χ4v) is 1.07. The number of halogens is 1. The Labute approximate surface area is 86.6 Å². The summed E-state index contributed by atoms with van der Waals surface area (Å²) in [4.78, 5) is 14.3. The number of aromatic nitrogens is 1. The summed E-state index contributed by atoms with van der Waals surface area (Å²) in [5.41, 5.74) is 11.2. The molecular formula is C9H10ClN3O. The molecule has 1 amide bonds. The molecule has 14 heavy (non-hydrogen) atoms. The second kappa shape index (κ2) is 4.62. The lowest BCUT2D eigenvalue weighted by Crippen LogP contribution is -2.07. The summed E-state index contributed by atoms with van der Waals surface area (Å²) in [7, 11) is 0. The molecule has 0 saturated heterocycles. The van der Waals surface area contributed by atoms with Gasteiger partial charge in [-0.1, -0.05) is 23.8 Å². The number of nitrogens with zero attached hydrogens (tertiary/aromatic N) is 1. The molecule has 1 aromatic heterocycles. The first-order valence-corrected chi connectivity index (χ1v) is 4.33. The number of rotatable bonds is 3. The molecule has 0 aliphatic carbocycles. The topological polar surface area (TPSA) is 82.0 Å². The van der Waals surface area contributed by atoms with Crippen molar-refractivity contribution >= 4 is 29.4 Å². The summed E-state index contributed by atoms with van der Waals surface area (Å²) < 4.78 is 0. The predicted octanol–water partition coefficient (Wildman–Crippen LogP) is 1.21. The number of primary amides is 1. The van der Waals surface area contributed by atoms with Crippen molar-refractivity contribution in [3.63, 3.8) is 0 Å². The van der Waals surface area contributed by atoms with E-state index in [0.29, 0.717) is 16.4 Å². The molecule has 0 fully saturated rings. The quantitative estimate of drug-likeness (QED) is 0.788. The zero-order valence-electron chi connectivity index (χ0n) is 7.40. The molecule has 74 valence electrons. The number of hydrogen-bond acceptors (Lipinski definition) is 3. The van der Waals surface area contributed by atoms with Gasteiger partial charge in [0.2, 0.25) is 5.91 Å². The smallest absolute Gasteiger partial charge is 0.221 e. The lowest BCUT2D eigenvalue weighted by molar-refractivity contribution is -0.117. The third-order valence-electron chi connectivity index (χ3n) is 1.53. The van der Waals surface area contributed by atoms with Gasteiger partial charge in [0, 0.05) is 18.2 Å². The Hall–Kier alpha value is -1.55. The molecule has 0 atom stereocenters. The summed E-state index contributed by atoms with van der Waals surface area (Å²) in [6.45, 7) is 0. The van der Waals surface area contributed by atoms with Gasteiger partial charge in [-0.3, -0.25) is 4.79 Å². The molecule has 0 unspecified atom stereocenters. The summed E-state index contributed by atoms with van der Waals surface area (Å²) in [5, 5.41) is 0.498. The van der Waals surface area contributed by atoms with E-state index >= 15 is 0 Å². The second-order valence-electron chi connectivity index (χ2n) is 2.70. The molecule has 1 aromatic rings. The normalized spacial score (nSPS) is 10.6. The molecule has 0 aliphatic rings. The zero-order chi connectivity index (χ0) is 10.6. The van der Waals surface area contributed by atoms with Gasteiger partial charge in [-0.15, -0.1) is 0 Å². The van der Waals surface area contributed by atoms with E-state index in [1.165, 1.54) is 6.20 Å². The largest absolute Gasteiger partial charge is 0.383 e. The van der Waals surface area contributed by atoms with Crippen LogP contribution in [-0.4, -0.2) is 10.9 Å². The number of amides is 1. The number of hydrogen-bond donors (Lipinski definition) is 2. The van der Waals surface area contributed by atoms with Crippen molar-refractivity contribution in [2.45, 2.75) is 6.42 Å². The molecule has 0 aliphatic heterocycles. The Morgan fingerprint density at radius 1 is 1.64 bits per heavy atom. The van der Waals surface area contributed by atoms with Crippen molar-refractivity contribution in [1.29, 1.82) is 0 Å². The molecular weight excluding hydrogens is 202 g/mol. The SMILES string of the molecule is NC(=O)CC=Cc1cc(Cl)cnc1N. The van der Waals surface area contributed by atoms with Crippen LogP contribution in [0, 0.1) is 0 Å². The summed E-state index contributed by atoms with van der Waals surface area (Å²) in [5.74, 6) is -0.0232. The van der Waals surface area contributed by atoms with E-state index in [0.717, 1.165) is 0 Å². The standard InChI is InChI=1S/C9H10ClN3O/c10-7-4-6(9(12)13-5-7)2-1-3-8(11)14/h1-2,4-5H,3H2,(H2,11,14)(H2,12,13). The van der Waals surface area contributed by atoms with Crippen molar-refractivity contribution in [3.8, 4) is 0 Å². The van der Waals surface area contributed by atoms with Crippen molar-refractivity contribution in [1.82, 2.24) is 4.98 Å². The Bertz CT molecular complexity index is 376. The minimum atomic E-state index is -0.394. The molecule has 0 bridgehead atoms. The number of pyridine rings is 1. The lowest BCUT2D eigenvalue weighted by Gasteiger charge is -1.98. The molecule has 1 rings (SSSR count). The molecule has 0 spiro atoms. The maximum Gasteiger partial charge on any atom is 0.221 e. The van der Waals surface area contributed by atoms with Gasteiger partial charge in [0.05, 0.1) is 5.02 Å². The highest BCUT2D eigenvalue weighted by Crippen LogP contribution is 2.16. The van der Waals surface area contributed by atoms with E-state index < -0.39 is 5.91 Å². The van der Waals surface area contributed by atoms with Gasteiger partial charge in [0.25, 0.3) is 0 Å². The van der Waals surface area contributed by atoms with Crippen LogP contribution in [0.1, 0.15) is 12.0 Å². The first-order valence-electron chi connectivity index (χ1n) is 3.95. The van der Waals surface area contributed by atoms with Crippen LogP contribution in [0.2, 0.25) is 5.02 Å². The summed E-state index contributed by atoms with van der Waals surface area (Å²) in [6, 6.07) is 1.67. The molecule has 0 saturated carbocycles. The number of nitrogen functional groups attached to an aromatic ring is 1. The first kappa shape index (κ1) is 10.5. The van der Waals surface area contributed by atoms with E-state index in [9.17, 15) is 4.79 Å². The zero-order valence-corrected chi connectivity index (χ0v) is 8.16. The van der Waals surface area contributed by atoms with Crippen LogP contribution in [0.5, 0.6) is 0 Å². The molecule has 4 N–H and O–H groups in total. The maximum atomic E-state index is 10.4. The summed E-state index contributed by atoms with van der Waals surface area (Å²) in [6.07, 6.45) is 4.92. The molecule has 4 nitrogen and oxygen atoms in total. The minimum absolute atomic E-state index is 0.173. The first-order chi connectivity index (χ1) is 6.59. The fraction of sp³-hybridized carbons (Fsp3) is 0.111. The number of anilines is 1. The van der Waals surface area contributed by atoms with Gasteiger partial charge in [0.1, 0.15) is 5.82 Å². The van der Waals surface area contributed by atoms with Gasteiger partial charge in [-0.2, -0.15) is 0 Å². The Balaban J connectivity index is 2.80. The van der Waals surface area contributed by atoms with Gasteiger partial charge in [-0.25, -0.2) is 4.98 Å². The lowest BCUT2D eigenvalue weighted by atomic mass is 10.2. The predicted molar refractivity (Wildman–Crippen MR) is 56.5 cm³/mol. The molecule has 0 radical (unpaired) electrons. The average molecular weight is 212 g/mol. The third kappa shape index (κ3) is 3.06. The van der Waals surface area contributed by atoms with Crippen LogP contribution in [0.25, 0.3) is 6.08 Å². The fourth-order valence-electron chi connectivity index (χ4n) is 0.901. The van der Waals surface area contributed by atoms with Gasteiger partial charge in [0.15, 0.2) is 0 Å². The molecule has 1 heterocycles. The maximum absolute atomic E-state index is 10.4. The van der Waals surface area contributed by atoms with E-state index in [-0.39, 0.29) is 6.42 Å². The third-order valence-corrected chi connectivity index (χ3v) is 1.74. The second-order valence-corrected chi connectivity index (χ2v) is 3.14. The van der Waals surface area contributed by atoms with Crippen molar-refractivity contribution < 1.29 is 4.79 Å². The van der Waals surface area contributed by atoms with Crippen molar-refractivity contribution in [2.75, 3.05) is 5.73 Å². The monoisotopic (exact) mass is 211 g/mol. The van der Waals surface area contributed by atoms with E-state index in [4.69, 9.17) is 23.1 Å². The van der Waals surface area contributed by atoms with Crippen LogP contribution in [0.4, 0.5) is 5.82 Å². The van der Waals surface area contributed by atoms with Gasteiger partial charge >= 0.3 is 0 Å². The van der Waals surface area contributed by atoms with Crippen LogP contribution < -0.4 is 11.5 Å². The number of carbonyl (C=O) groups is 1. The number of nitrogens with two attached hydrogens (primary N) is 2. The Morgan fingerprint density at radius 3 is 3.00 bits per heavy atom. The van der Waals surface area contributed by atoms with Gasteiger partial charge < -0.3 is 11.5 Å². The van der Waals surface area contributed by atoms with Crippen molar-refractivity contribution in [2.24, 2.45) is 5.73 Å². The highest BCUT2D eigenvalue weighted by Gasteiger charge is 1.97. The Morgan fingerprint density at radius 2 is 2.36 bits per heavy atom. The van der Waals surface area contributed by atoms with Crippen LogP contribution in [-0.2, 0) is 4.79 Å². The van der Waals surface area contributed by atoms with E-state index in [1.54, 1.807) is 18.2 Å². The van der Waals surface area contributed by atoms with Crippen LogP contribution in [0.3, 0.4) is 0 Å². The molecule has 0 aromatic carbocycles. The number of carbonyl (C=O) groups excluding carboxylic acids is 1.